The number of para-hydroxylation sites is 2. The maximum absolute atomic E-state index is 10.7. The Balaban J connectivity index is 1.27. The number of hydrogen-bond acceptors (Lipinski definition) is 2. The lowest BCUT2D eigenvalue weighted by molar-refractivity contribution is 1.17. The maximum atomic E-state index is 10.7. The zero-order chi connectivity index (χ0) is 36.9. The molecule has 0 saturated carbocycles. The van der Waals surface area contributed by atoms with E-state index in [1.165, 1.54) is 38.2 Å². The molecule has 0 unspecified atom stereocenters. The van der Waals surface area contributed by atoms with Crippen molar-refractivity contribution in [2.45, 2.75) is 0 Å². The van der Waals surface area contributed by atoms with Crippen molar-refractivity contribution in [1.29, 1.82) is 10.5 Å². The summed E-state index contributed by atoms with van der Waals surface area (Å²) in [4.78, 5) is 0. The third-order valence-corrected chi connectivity index (χ3v) is 10.9. The van der Waals surface area contributed by atoms with Gasteiger partial charge in [0.05, 0.1) is 33.9 Å². The van der Waals surface area contributed by atoms with Crippen LogP contribution in [0.25, 0.3) is 93.5 Å². The highest BCUT2D eigenvalue weighted by atomic mass is 15.0. The summed E-state index contributed by atoms with van der Waals surface area (Å²) in [6.07, 6.45) is 0. The van der Waals surface area contributed by atoms with Crippen LogP contribution in [0.3, 0.4) is 0 Å². The fraction of sp³-hybridized carbons (Fsp3) is 0. The van der Waals surface area contributed by atoms with Gasteiger partial charge in [-0.1, -0.05) is 158 Å². The topological polar surface area (TPSA) is 52.5 Å². The number of aromatic nitrogens is 1. The van der Waals surface area contributed by atoms with Crippen LogP contribution in [-0.4, -0.2) is 4.57 Å². The van der Waals surface area contributed by atoms with Crippen molar-refractivity contribution >= 4 is 43.4 Å². The molecule has 0 aliphatic heterocycles. The van der Waals surface area contributed by atoms with E-state index in [1.54, 1.807) is 0 Å². The van der Waals surface area contributed by atoms with Crippen LogP contribution in [0, 0.1) is 22.7 Å². The number of rotatable bonds is 5. The van der Waals surface area contributed by atoms with Gasteiger partial charge in [-0.25, -0.2) is 0 Å². The Labute approximate surface area is 318 Å². The summed E-state index contributed by atoms with van der Waals surface area (Å²) in [6, 6.07) is 70.3. The summed E-state index contributed by atoms with van der Waals surface area (Å²) in [5, 5.41) is 27.3. The average Bonchev–Trinajstić information content (AvgIpc) is 3.58. The van der Waals surface area contributed by atoms with Crippen molar-refractivity contribution in [1.82, 2.24) is 4.57 Å². The predicted octanol–water partition coefficient (Wildman–Crippen LogP) is 13.5. The average molecular weight is 698 g/mol. The Kier molecular flexibility index (Phi) is 7.58. The zero-order valence-corrected chi connectivity index (χ0v) is 29.7. The summed E-state index contributed by atoms with van der Waals surface area (Å²) in [5.41, 5.74) is 12.8. The quantitative estimate of drug-likeness (QED) is 0.168. The van der Waals surface area contributed by atoms with Crippen LogP contribution in [0.5, 0.6) is 0 Å². The molecule has 1 aromatic heterocycles. The molecule has 0 amide bonds. The van der Waals surface area contributed by atoms with Gasteiger partial charge in [-0.15, -0.1) is 0 Å². The molecule has 0 aliphatic rings. The van der Waals surface area contributed by atoms with Crippen LogP contribution in [0.2, 0.25) is 0 Å². The molecule has 0 bridgehead atoms. The molecular formula is C52H31N3. The number of fused-ring (bicyclic) bond motifs is 5. The van der Waals surface area contributed by atoms with Crippen LogP contribution < -0.4 is 0 Å². The molecule has 0 saturated heterocycles. The molecule has 0 spiro atoms. The van der Waals surface area contributed by atoms with E-state index in [4.69, 9.17) is 0 Å². The van der Waals surface area contributed by atoms with Crippen LogP contribution in [-0.2, 0) is 0 Å². The van der Waals surface area contributed by atoms with E-state index < -0.39 is 0 Å². The second-order valence-electron chi connectivity index (χ2n) is 13.8. The predicted molar refractivity (Wildman–Crippen MR) is 227 cm³/mol. The van der Waals surface area contributed by atoms with E-state index in [0.717, 1.165) is 55.3 Å². The number of nitriles is 2. The van der Waals surface area contributed by atoms with Gasteiger partial charge in [0.2, 0.25) is 0 Å². The molecular weight excluding hydrogens is 667 g/mol. The minimum atomic E-state index is 0.570. The highest BCUT2D eigenvalue weighted by Crippen LogP contribution is 2.48. The highest BCUT2D eigenvalue weighted by Gasteiger charge is 2.23. The first-order valence-corrected chi connectivity index (χ1v) is 18.4. The van der Waals surface area contributed by atoms with Crippen molar-refractivity contribution in [3.63, 3.8) is 0 Å². The molecule has 3 heteroatoms. The zero-order valence-electron chi connectivity index (χ0n) is 29.7. The van der Waals surface area contributed by atoms with Crippen molar-refractivity contribution in [3.05, 3.63) is 199 Å². The van der Waals surface area contributed by atoms with Gasteiger partial charge in [-0.3, -0.25) is 0 Å². The molecule has 55 heavy (non-hydrogen) atoms. The van der Waals surface area contributed by atoms with E-state index in [-0.39, 0.29) is 0 Å². The number of hydrogen-bond donors (Lipinski definition) is 0. The molecule has 0 fully saturated rings. The van der Waals surface area contributed by atoms with Crippen molar-refractivity contribution in [2.75, 3.05) is 0 Å². The third-order valence-electron chi connectivity index (χ3n) is 10.9. The van der Waals surface area contributed by atoms with Gasteiger partial charge >= 0.3 is 0 Å². The van der Waals surface area contributed by atoms with E-state index >= 15 is 0 Å². The SMILES string of the molecule is N#Cc1ccc2c(c1)c1ccccc1n2-c1c(C#N)cccc1-c1ccccc1-c1ccccc1-c1c2ccccc2c(-c2ccccc2)c2ccccc12. The molecule has 10 rings (SSSR count). The van der Waals surface area contributed by atoms with E-state index in [2.05, 4.69) is 162 Å². The lowest BCUT2D eigenvalue weighted by atomic mass is 9.82. The van der Waals surface area contributed by atoms with Crippen molar-refractivity contribution in [3.8, 4) is 62.3 Å². The minimum Gasteiger partial charge on any atom is -0.307 e. The maximum Gasteiger partial charge on any atom is 0.101 e. The van der Waals surface area contributed by atoms with E-state index in [0.29, 0.717) is 11.1 Å². The van der Waals surface area contributed by atoms with Crippen LogP contribution >= 0.6 is 0 Å². The molecule has 1 heterocycles. The first kappa shape index (κ1) is 32.0. The third kappa shape index (κ3) is 5.03. The molecule has 0 radical (unpaired) electrons. The molecule has 0 aliphatic carbocycles. The molecule has 3 nitrogen and oxygen atoms in total. The van der Waals surface area contributed by atoms with Crippen LogP contribution in [0.1, 0.15) is 11.1 Å². The number of benzene rings is 9. The van der Waals surface area contributed by atoms with Gasteiger partial charge in [0, 0.05) is 16.3 Å². The van der Waals surface area contributed by atoms with Gasteiger partial charge in [-0.2, -0.15) is 10.5 Å². The summed E-state index contributed by atoms with van der Waals surface area (Å²) in [7, 11) is 0. The Morgan fingerprint density at radius 1 is 0.345 bits per heavy atom. The van der Waals surface area contributed by atoms with E-state index in [1.807, 2.05) is 42.5 Å². The summed E-state index contributed by atoms with van der Waals surface area (Å²) in [6.45, 7) is 0. The smallest absolute Gasteiger partial charge is 0.101 e. The summed E-state index contributed by atoms with van der Waals surface area (Å²) >= 11 is 0. The molecule has 10 aromatic rings. The van der Waals surface area contributed by atoms with Gasteiger partial charge in [0.25, 0.3) is 0 Å². The molecule has 0 N–H and O–H groups in total. The number of nitrogens with zero attached hydrogens (tertiary/aromatic N) is 3. The van der Waals surface area contributed by atoms with Gasteiger partial charge in [0.1, 0.15) is 6.07 Å². The van der Waals surface area contributed by atoms with Crippen molar-refractivity contribution in [2.24, 2.45) is 0 Å². The Morgan fingerprint density at radius 2 is 0.836 bits per heavy atom. The van der Waals surface area contributed by atoms with Crippen LogP contribution in [0.15, 0.2) is 188 Å². The monoisotopic (exact) mass is 697 g/mol. The fourth-order valence-electron chi connectivity index (χ4n) is 8.60. The highest BCUT2D eigenvalue weighted by molar-refractivity contribution is 6.22. The fourth-order valence-corrected chi connectivity index (χ4v) is 8.60. The standard InChI is InChI=1S/C52H31N3/c53-32-34-29-30-49-47(31-34)40-21-12-13-28-48(40)55(49)52-36(33-54)17-14-27-46(52)39-20-5-4-18-37(39)38-19-6-7-22-41(38)51-44-25-10-8-23-42(44)50(35-15-2-1-3-16-35)43-24-9-11-26-45(43)51/h1-31H. The van der Waals surface area contributed by atoms with Gasteiger partial charge in [-0.05, 0) is 90.8 Å². The Hall–Kier alpha value is -7.72. The first-order chi connectivity index (χ1) is 27.2. The van der Waals surface area contributed by atoms with Gasteiger partial charge in [0.15, 0.2) is 0 Å². The second kappa shape index (κ2) is 13.0. The Morgan fingerprint density at radius 3 is 1.47 bits per heavy atom. The van der Waals surface area contributed by atoms with Crippen LogP contribution in [0.4, 0.5) is 0 Å². The van der Waals surface area contributed by atoms with Gasteiger partial charge < -0.3 is 4.57 Å². The normalized spacial score (nSPS) is 11.2. The lowest BCUT2D eigenvalue weighted by Crippen LogP contribution is -2.02. The summed E-state index contributed by atoms with van der Waals surface area (Å²) < 4.78 is 2.20. The largest absolute Gasteiger partial charge is 0.307 e. The molecule has 9 aromatic carbocycles. The molecule has 0 atom stereocenters. The van der Waals surface area contributed by atoms with E-state index in [9.17, 15) is 10.5 Å². The Bertz CT molecular complexity index is 3170. The summed E-state index contributed by atoms with van der Waals surface area (Å²) in [5.74, 6) is 0. The molecule has 254 valence electrons. The van der Waals surface area contributed by atoms with Crippen molar-refractivity contribution < 1.29 is 0 Å². The second-order valence-corrected chi connectivity index (χ2v) is 13.8. The lowest BCUT2D eigenvalue weighted by Gasteiger charge is -2.21. The minimum absolute atomic E-state index is 0.570. The first-order valence-electron chi connectivity index (χ1n) is 18.4.